The van der Waals surface area contributed by atoms with Gasteiger partial charge in [-0.2, -0.15) is 11.8 Å². The third-order valence-electron chi connectivity index (χ3n) is 3.78. The van der Waals surface area contributed by atoms with Crippen LogP contribution in [0.5, 0.6) is 0 Å². The van der Waals surface area contributed by atoms with Crippen LogP contribution in [0.15, 0.2) is 35.8 Å². The van der Waals surface area contributed by atoms with E-state index in [1.165, 1.54) is 10.9 Å². The number of thiazole rings is 1. The molecule has 0 spiro atoms. The number of aromatic nitrogens is 2. The number of H-pyrrole nitrogens is 1. The molecule has 0 aliphatic carbocycles. The van der Waals surface area contributed by atoms with Crippen LogP contribution in [-0.2, 0) is 17.0 Å². The molecule has 0 unspecified atom stereocenters. The number of benzene rings is 1. The zero-order chi connectivity index (χ0) is 16.8. The molecule has 2 aromatic heterocycles. The number of nitrogens with zero attached hydrogens (tertiary/aromatic N) is 1. The van der Waals surface area contributed by atoms with E-state index in [4.69, 9.17) is 0 Å². The number of thioether (sulfide) groups is 1. The number of aromatic amines is 1. The van der Waals surface area contributed by atoms with E-state index in [0.717, 1.165) is 34.1 Å². The van der Waals surface area contributed by atoms with Crippen LogP contribution in [-0.4, -0.2) is 28.2 Å². The Balaban J connectivity index is 1.34. The number of nitrogens with one attached hydrogen (secondary N) is 2. The highest BCUT2D eigenvalue weighted by molar-refractivity contribution is 7.98. The molecule has 0 bridgehead atoms. The Bertz CT molecular complexity index is 809. The average Bonchev–Trinajstić information content (AvgIpc) is 3.18. The Labute approximate surface area is 150 Å². The smallest absolute Gasteiger partial charge is 0.220 e. The summed E-state index contributed by atoms with van der Waals surface area (Å²) >= 11 is 3.43. The fourth-order valence-electron chi connectivity index (χ4n) is 2.58. The van der Waals surface area contributed by atoms with Crippen molar-refractivity contribution in [2.75, 3.05) is 12.3 Å². The molecule has 0 saturated carbocycles. The highest BCUT2D eigenvalue weighted by Crippen LogP contribution is 2.18. The van der Waals surface area contributed by atoms with E-state index in [-0.39, 0.29) is 5.91 Å². The van der Waals surface area contributed by atoms with Gasteiger partial charge < -0.3 is 10.3 Å². The minimum atomic E-state index is 0.122. The SMILES string of the molecule is Cc1nc(CSCCC(=O)NCCc2c[nH]c3ccccc23)cs1. The third kappa shape index (κ3) is 4.61. The van der Waals surface area contributed by atoms with Crippen LogP contribution in [0.2, 0.25) is 0 Å². The maximum atomic E-state index is 11.9. The fourth-order valence-corrected chi connectivity index (χ4v) is 4.13. The van der Waals surface area contributed by atoms with Crippen molar-refractivity contribution in [2.24, 2.45) is 0 Å². The Hall–Kier alpha value is -1.79. The van der Waals surface area contributed by atoms with Gasteiger partial charge in [0.25, 0.3) is 0 Å². The molecule has 0 fully saturated rings. The van der Waals surface area contributed by atoms with Crippen molar-refractivity contribution in [1.29, 1.82) is 0 Å². The molecule has 24 heavy (non-hydrogen) atoms. The Morgan fingerprint density at radius 2 is 2.25 bits per heavy atom. The van der Waals surface area contributed by atoms with E-state index >= 15 is 0 Å². The summed E-state index contributed by atoms with van der Waals surface area (Å²) in [5.41, 5.74) is 3.51. The Kier molecular flexibility index (Phi) is 5.93. The Morgan fingerprint density at radius 1 is 1.38 bits per heavy atom. The van der Waals surface area contributed by atoms with E-state index in [1.54, 1.807) is 23.1 Å². The summed E-state index contributed by atoms with van der Waals surface area (Å²) in [6.07, 6.45) is 3.44. The maximum absolute atomic E-state index is 11.9. The predicted octanol–water partition coefficient (Wildman–Crippen LogP) is 3.92. The summed E-state index contributed by atoms with van der Waals surface area (Å²) in [6, 6.07) is 8.24. The molecule has 2 N–H and O–H groups in total. The van der Waals surface area contributed by atoms with E-state index in [1.807, 2.05) is 25.3 Å². The van der Waals surface area contributed by atoms with Gasteiger partial charge in [0.15, 0.2) is 0 Å². The van der Waals surface area contributed by atoms with Gasteiger partial charge in [-0.05, 0) is 25.0 Å². The van der Waals surface area contributed by atoms with Gasteiger partial charge in [0, 0.05) is 47.0 Å². The molecule has 3 rings (SSSR count). The molecule has 0 saturated heterocycles. The van der Waals surface area contributed by atoms with E-state index in [0.29, 0.717) is 13.0 Å². The standard InChI is InChI=1S/C18H21N3OS2/c1-13-21-15(12-24-13)11-23-9-7-18(22)19-8-6-14-10-20-17-5-3-2-4-16(14)17/h2-5,10,12,20H,6-9,11H2,1H3,(H,19,22). The topological polar surface area (TPSA) is 57.8 Å². The first kappa shape index (κ1) is 17.0. The number of amides is 1. The Morgan fingerprint density at radius 3 is 3.08 bits per heavy atom. The van der Waals surface area contributed by atoms with Crippen LogP contribution in [0.25, 0.3) is 10.9 Å². The first-order valence-corrected chi connectivity index (χ1v) is 10.1. The molecular weight excluding hydrogens is 338 g/mol. The summed E-state index contributed by atoms with van der Waals surface area (Å²) in [5.74, 6) is 1.83. The molecule has 1 aromatic carbocycles. The van der Waals surface area contributed by atoms with Crippen molar-refractivity contribution < 1.29 is 4.79 Å². The highest BCUT2D eigenvalue weighted by Gasteiger charge is 2.05. The van der Waals surface area contributed by atoms with Gasteiger partial charge in [-0.15, -0.1) is 11.3 Å². The normalized spacial score (nSPS) is 11.0. The molecule has 1 amide bonds. The quantitative estimate of drug-likeness (QED) is 0.600. The molecule has 3 aromatic rings. The summed E-state index contributed by atoms with van der Waals surface area (Å²) < 4.78 is 0. The fraction of sp³-hybridized carbons (Fsp3) is 0.333. The summed E-state index contributed by atoms with van der Waals surface area (Å²) in [6.45, 7) is 2.69. The third-order valence-corrected chi connectivity index (χ3v) is 5.60. The van der Waals surface area contributed by atoms with Crippen molar-refractivity contribution >= 4 is 39.9 Å². The lowest BCUT2D eigenvalue weighted by atomic mass is 10.1. The molecule has 4 nitrogen and oxygen atoms in total. The number of rotatable bonds is 8. The number of carbonyl (C=O) groups is 1. The highest BCUT2D eigenvalue weighted by atomic mass is 32.2. The van der Waals surface area contributed by atoms with Crippen LogP contribution < -0.4 is 5.32 Å². The molecule has 0 aliphatic rings. The van der Waals surface area contributed by atoms with E-state index < -0.39 is 0 Å². The molecular formula is C18H21N3OS2. The molecule has 0 radical (unpaired) electrons. The second kappa shape index (κ2) is 8.35. The number of fused-ring (bicyclic) bond motifs is 1. The largest absolute Gasteiger partial charge is 0.361 e. The monoisotopic (exact) mass is 359 g/mol. The van der Waals surface area contributed by atoms with Gasteiger partial charge in [0.2, 0.25) is 5.91 Å². The predicted molar refractivity (Wildman–Crippen MR) is 103 cm³/mol. The van der Waals surface area contributed by atoms with Crippen molar-refractivity contribution in [3.63, 3.8) is 0 Å². The number of hydrogen-bond donors (Lipinski definition) is 2. The van der Waals surface area contributed by atoms with Crippen molar-refractivity contribution in [2.45, 2.75) is 25.5 Å². The second-order valence-electron chi connectivity index (χ2n) is 5.62. The van der Waals surface area contributed by atoms with Gasteiger partial charge in [0.05, 0.1) is 10.7 Å². The van der Waals surface area contributed by atoms with Crippen LogP contribution in [0.1, 0.15) is 22.7 Å². The van der Waals surface area contributed by atoms with Crippen LogP contribution in [0.3, 0.4) is 0 Å². The van der Waals surface area contributed by atoms with Crippen molar-refractivity contribution in [3.8, 4) is 0 Å². The van der Waals surface area contributed by atoms with Gasteiger partial charge in [0.1, 0.15) is 0 Å². The van der Waals surface area contributed by atoms with E-state index in [2.05, 4.69) is 32.8 Å². The number of aryl methyl sites for hydroxylation is 1. The second-order valence-corrected chi connectivity index (χ2v) is 7.79. The molecule has 0 aliphatic heterocycles. The number of hydrogen-bond acceptors (Lipinski definition) is 4. The summed E-state index contributed by atoms with van der Waals surface area (Å²) in [5, 5.41) is 7.43. The lowest BCUT2D eigenvalue weighted by molar-refractivity contribution is -0.120. The van der Waals surface area contributed by atoms with Crippen molar-refractivity contribution in [1.82, 2.24) is 15.3 Å². The average molecular weight is 360 g/mol. The molecule has 6 heteroatoms. The first-order valence-electron chi connectivity index (χ1n) is 8.03. The van der Waals surface area contributed by atoms with Gasteiger partial charge in [-0.1, -0.05) is 18.2 Å². The minimum absolute atomic E-state index is 0.122. The molecule has 2 heterocycles. The van der Waals surface area contributed by atoms with E-state index in [9.17, 15) is 4.79 Å². The van der Waals surface area contributed by atoms with Gasteiger partial charge in [-0.3, -0.25) is 4.79 Å². The van der Waals surface area contributed by atoms with Gasteiger partial charge in [-0.25, -0.2) is 4.98 Å². The zero-order valence-corrected chi connectivity index (χ0v) is 15.3. The first-order chi connectivity index (χ1) is 11.7. The van der Waals surface area contributed by atoms with Crippen molar-refractivity contribution in [3.05, 3.63) is 52.1 Å². The maximum Gasteiger partial charge on any atom is 0.220 e. The number of para-hydroxylation sites is 1. The molecule has 0 atom stereocenters. The summed E-state index contributed by atoms with van der Waals surface area (Å²) in [7, 11) is 0. The minimum Gasteiger partial charge on any atom is -0.361 e. The van der Waals surface area contributed by atoms with Gasteiger partial charge >= 0.3 is 0 Å². The number of carbonyl (C=O) groups excluding carboxylic acids is 1. The lowest BCUT2D eigenvalue weighted by Gasteiger charge is -2.04. The summed E-state index contributed by atoms with van der Waals surface area (Å²) in [4.78, 5) is 19.6. The zero-order valence-electron chi connectivity index (χ0n) is 13.7. The van der Waals surface area contributed by atoms with Crippen LogP contribution in [0, 0.1) is 6.92 Å². The molecule has 126 valence electrons. The van der Waals surface area contributed by atoms with Crippen LogP contribution in [0.4, 0.5) is 0 Å². The lowest BCUT2D eigenvalue weighted by Crippen LogP contribution is -2.25. The van der Waals surface area contributed by atoms with Crippen LogP contribution >= 0.6 is 23.1 Å².